The van der Waals surface area contributed by atoms with Gasteiger partial charge in [-0.25, -0.2) is 0 Å². The van der Waals surface area contributed by atoms with Gasteiger partial charge < -0.3 is 9.47 Å². The average molecular weight is 277 g/mol. The second-order valence-electron chi connectivity index (χ2n) is 6.35. The molecule has 2 rings (SSSR count). The van der Waals surface area contributed by atoms with Crippen molar-refractivity contribution < 1.29 is 14.3 Å². The molecule has 0 unspecified atom stereocenters. The molecule has 2 aliphatic rings. The van der Waals surface area contributed by atoms with E-state index in [0.29, 0.717) is 13.2 Å². The molecule has 1 saturated carbocycles. The number of ether oxygens (including phenoxy) is 2. The molecule has 0 amide bonds. The van der Waals surface area contributed by atoms with Gasteiger partial charge in [-0.3, -0.25) is 4.79 Å². The van der Waals surface area contributed by atoms with Gasteiger partial charge in [0.2, 0.25) is 0 Å². The highest BCUT2D eigenvalue weighted by Gasteiger charge is 2.58. The minimum Gasteiger partial charge on any atom is -0.349 e. The average Bonchev–Trinajstić information content (AvgIpc) is 2.94. The Morgan fingerprint density at radius 3 is 2.40 bits per heavy atom. The quantitative estimate of drug-likeness (QED) is 0.728. The summed E-state index contributed by atoms with van der Waals surface area (Å²) in [6, 6.07) is 2.19. The van der Waals surface area contributed by atoms with E-state index in [-0.39, 0.29) is 23.5 Å². The minimum absolute atomic E-state index is 0.0644. The van der Waals surface area contributed by atoms with E-state index in [9.17, 15) is 10.1 Å². The molecule has 0 N–H and O–H groups in total. The van der Waals surface area contributed by atoms with Crippen LogP contribution in [0, 0.1) is 40.4 Å². The van der Waals surface area contributed by atoms with E-state index in [0.717, 1.165) is 5.57 Å². The van der Waals surface area contributed by atoms with Gasteiger partial charge in [0.15, 0.2) is 12.1 Å². The molecule has 0 radical (unpaired) electrons. The third-order valence-electron chi connectivity index (χ3n) is 5.29. The Labute approximate surface area is 120 Å². The lowest BCUT2D eigenvalue weighted by atomic mass is 9.54. The van der Waals surface area contributed by atoms with Gasteiger partial charge in [0.25, 0.3) is 0 Å². The van der Waals surface area contributed by atoms with Crippen molar-refractivity contribution >= 4 is 5.78 Å². The first-order valence-corrected chi connectivity index (χ1v) is 7.18. The zero-order chi connectivity index (χ0) is 15.1. The molecule has 0 aromatic carbocycles. The van der Waals surface area contributed by atoms with Crippen molar-refractivity contribution in [1.29, 1.82) is 5.26 Å². The number of ketones is 1. The number of carbonyl (C=O) groups is 1. The van der Waals surface area contributed by atoms with Gasteiger partial charge in [0, 0.05) is 5.92 Å². The summed E-state index contributed by atoms with van der Waals surface area (Å²) in [7, 11) is 0. The van der Waals surface area contributed by atoms with Gasteiger partial charge in [-0.1, -0.05) is 26.0 Å². The van der Waals surface area contributed by atoms with Crippen molar-refractivity contribution in [3.05, 3.63) is 12.2 Å². The molecule has 4 nitrogen and oxygen atoms in total. The predicted molar refractivity (Wildman–Crippen MR) is 74.5 cm³/mol. The molecule has 4 heteroatoms. The molecule has 20 heavy (non-hydrogen) atoms. The fourth-order valence-electron chi connectivity index (χ4n) is 3.79. The number of nitrogens with zero attached hydrogens (tertiary/aromatic N) is 1. The van der Waals surface area contributed by atoms with Crippen molar-refractivity contribution in [3.8, 4) is 6.07 Å². The Kier molecular flexibility index (Phi) is 4.04. The first-order valence-electron chi connectivity index (χ1n) is 7.18. The predicted octanol–water partition coefficient (Wildman–Crippen LogP) is 2.55. The van der Waals surface area contributed by atoms with Crippen LogP contribution in [0.2, 0.25) is 0 Å². The number of Topliss-reactive ketones (excluding diaryl/α,β-unsaturated/α-hetero) is 1. The van der Waals surface area contributed by atoms with Crippen LogP contribution in [0.3, 0.4) is 0 Å². The fraction of sp³-hybridized carbons (Fsp3) is 0.750. The lowest BCUT2D eigenvalue weighted by Gasteiger charge is -2.49. The standard InChI is InChI=1S/C16H23NO3/c1-9(2)13-10(3)11(4)16(5,14(18)12(13)8-17)15-19-6-7-20-15/h10-13,15H,1,6-7H2,2-5H3/t10-,11-,12+,13-,16+/m1/s1. The summed E-state index contributed by atoms with van der Waals surface area (Å²) >= 11 is 0. The molecular weight excluding hydrogens is 254 g/mol. The maximum atomic E-state index is 12.9. The highest BCUT2D eigenvalue weighted by molar-refractivity contribution is 5.91. The summed E-state index contributed by atoms with van der Waals surface area (Å²) in [6.07, 6.45) is -0.533. The molecule has 5 atom stereocenters. The van der Waals surface area contributed by atoms with Crippen molar-refractivity contribution in [2.45, 2.75) is 34.0 Å². The first kappa shape index (κ1) is 15.2. The second-order valence-corrected chi connectivity index (χ2v) is 6.35. The van der Waals surface area contributed by atoms with Crippen LogP contribution in [0.25, 0.3) is 0 Å². The normalized spacial score (nSPS) is 42.5. The Morgan fingerprint density at radius 1 is 1.40 bits per heavy atom. The second kappa shape index (κ2) is 5.31. The van der Waals surface area contributed by atoms with Crippen LogP contribution in [0.5, 0.6) is 0 Å². The molecule has 0 aromatic rings. The van der Waals surface area contributed by atoms with E-state index >= 15 is 0 Å². The molecule has 1 aliphatic heterocycles. The van der Waals surface area contributed by atoms with E-state index in [1.807, 2.05) is 13.8 Å². The van der Waals surface area contributed by atoms with Crippen molar-refractivity contribution in [2.24, 2.45) is 29.1 Å². The number of carbonyl (C=O) groups excluding carboxylic acids is 1. The van der Waals surface area contributed by atoms with Crippen LogP contribution in [0.4, 0.5) is 0 Å². The molecular formula is C16H23NO3. The number of allylic oxidation sites excluding steroid dienone is 1. The molecule has 110 valence electrons. The summed E-state index contributed by atoms with van der Waals surface area (Å²) in [5.41, 5.74) is 0.141. The minimum atomic E-state index is -0.762. The third-order valence-corrected chi connectivity index (χ3v) is 5.29. The first-order chi connectivity index (χ1) is 9.35. The van der Waals surface area contributed by atoms with E-state index in [4.69, 9.17) is 9.47 Å². The summed E-state index contributed by atoms with van der Waals surface area (Å²) in [5, 5.41) is 9.47. The summed E-state index contributed by atoms with van der Waals surface area (Å²) in [4.78, 5) is 12.9. The SMILES string of the molecule is C=C(C)[C@@H]1[C@H](C)[C@@H](C)[C@](C)(C2OCCO2)C(=O)[C@H]1C#N. The Balaban J connectivity index is 2.43. The van der Waals surface area contributed by atoms with Crippen LogP contribution in [-0.4, -0.2) is 25.3 Å². The van der Waals surface area contributed by atoms with Crippen LogP contribution < -0.4 is 0 Å². The number of hydrogen-bond donors (Lipinski definition) is 0. The topological polar surface area (TPSA) is 59.3 Å². The highest BCUT2D eigenvalue weighted by Crippen LogP contribution is 2.52. The zero-order valence-electron chi connectivity index (χ0n) is 12.7. The highest BCUT2D eigenvalue weighted by atomic mass is 16.7. The largest absolute Gasteiger partial charge is 0.349 e. The van der Waals surface area contributed by atoms with Crippen molar-refractivity contribution in [1.82, 2.24) is 0 Å². The number of rotatable bonds is 2. The van der Waals surface area contributed by atoms with Crippen LogP contribution in [-0.2, 0) is 14.3 Å². The maximum absolute atomic E-state index is 12.9. The Bertz CT molecular complexity index is 461. The number of hydrogen-bond acceptors (Lipinski definition) is 4. The van der Waals surface area contributed by atoms with Gasteiger partial charge in [-0.15, -0.1) is 0 Å². The zero-order valence-corrected chi connectivity index (χ0v) is 12.7. The van der Waals surface area contributed by atoms with Gasteiger partial charge in [-0.2, -0.15) is 5.26 Å². The monoisotopic (exact) mass is 277 g/mol. The molecule has 1 aliphatic carbocycles. The molecule has 2 fully saturated rings. The lowest BCUT2D eigenvalue weighted by Crippen LogP contribution is -2.57. The van der Waals surface area contributed by atoms with Crippen LogP contribution in [0.1, 0.15) is 27.7 Å². The Morgan fingerprint density at radius 2 is 1.95 bits per heavy atom. The van der Waals surface area contributed by atoms with Gasteiger partial charge in [-0.05, 0) is 25.7 Å². The van der Waals surface area contributed by atoms with E-state index in [1.54, 1.807) is 0 Å². The van der Waals surface area contributed by atoms with Gasteiger partial charge >= 0.3 is 0 Å². The van der Waals surface area contributed by atoms with Crippen LogP contribution >= 0.6 is 0 Å². The molecule has 0 bridgehead atoms. The van der Waals surface area contributed by atoms with E-state index in [1.165, 1.54) is 0 Å². The van der Waals surface area contributed by atoms with E-state index in [2.05, 4.69) is 26.5 Å². The number of nitriles is 1. The van der Waals surface area contributed by atoms with Gasteiger partial charge in [0.05, 0.1) is 24.7 Å². The molecule has 0 aromatic heterocycles. The Hall–Kier alpha value is -1.18. The summed E-state index contributed by atoms with van der Waals surface area (Å²) in [6.45, 7) is 12.9. The third kappa shape index (κ3) is 2.01. The molecule has 1 heterocycles. The summed E-state index contributed by atoms with van der Waals surface area (Å²) < 4.78 is 11.2. The van der Waals surface area contributed by atoms with E-state index < -0.39 is 17.6 Å². The van der Waals surface area contributed by atoms with Crippen molar-refractivity contribution in [3.63, 3.8) is 0 Å². The maximum Gasteiger partial charge on any atom is 0.170 e. The van der Waals surface area contributed by atoms with Crippen LogP contribution in [0.15, 0.2) is 12.2 Å². The molecule has 0 spiro atoms. The lowest BCUT2D eigenvalue weighted by molar-refractivity contribution is -0.185. The molecule has 1 saturated heterocycles. The smallest absolute Gasteiger partial charge is 0.170 e. The van der Waals surface area contributed by atoms with Crippen molar-refractivity contribution in [2.75, 3.05) is 13.2 Å². The summed E-state index contributed by atoms with van der Waals surface area (Å²) in [5.74, 6) is -0.545. The fourth-order valence-corrected chi connectivity index (χ4v) is 3.79. The van der Waals surface area contributed by atoms with Gasteiger partial charge in [0.1, 0.15) is 5.92 Å².